The lowest BCUT2D eigenvalue weighted by Gasteiger charge is -2.36. The highest BCUT2D eigenvalue weighted by Crippen LogP contribution is 2.15. The van der Waals surface area contributed by atoms with Crippen molar-refractivity contribution >= 4 is 17.6 Å². The Morgan fingerprint density at radius 1 is 1.17 bits per heavy atom. The minimum absolute atomic E-state index is 0.523. The maximum atomic E-state index is 5.90. The number of rotatable bonds is 7. The number of guanidine groups is 1. The molecule has 0 atom stereocenters. The Kier molecular flexibility index (Phi) is 7.71. The fraction of sp³-hybridized carbons (Fsp3) is 0.550. The van der Waals surface area contributed by atoms with Crippen LogP contribution in [-0.4, -0.2) is 76.4 Å². The standard InChI is InChI=1S/C20H30ClN7O/c1-4-22-20(23-15-19-25-24-16(2)26(19)3)28-11-9-27(10-12-28)13-14-29-18-7-5-17(21)6-8-18/h5-8H,4,9-15H2,1-3H3,(H,22,23). The number of hydrogen-bond acceptors (Lipinski definition) is 5. The van der Waals surface area contributed by atoms with Crippen molar-refractivity contribution in [2.24, 2.45) is 12.0 Å². The molecule has 1 saturated heterocycles. The van der Waals surface area contributed by atoms with Crippen molar-refractivity contribution in [1.82, 2.24) is 29.9 Å². The monoisotopic (exact) mass is 419 g/mol. The maximum Gasteiger partial charge on any atom is 0.194 e. The molecule has 2 heterocycles. The number of ether oxygens (including phenoxy) is 1. The molecule has 3 rings (SSSR count). The molecule has 1 aromatic heterocycles. The number of aryl methyl sites for hydroxylation is 1. The van der Waals surface area contributed by atoms with Crippen LogP contribution in [0, 0.1) is 6.92 Å². The van der Waals surface area contributed by atoms with Crippen molar-refractivity contribution in [3.8, 4) is 5.75 Å². The number of halogens is 1. The Hall–Kier alpha value is -2.32. The second-order valence-corrected chi connectivity index (χ2v) is 7.46. The molecule has 29 heavy (non-hydrogen) atoms. The van der Waals surface area contributed by atoms with Crippen molar-refractivity contribution in [2.45, 2.75) is 20.4 Å². The first-order valence-corrected chi connectivity index (χ1v) is 10.4. The van der Waals surface area contributed by atoms with Crippen LogP contribution in [0.15, 0.2) is 29.3 Å². The lowest BCUT2D eigenvalue weighted by Crippen LogP contribution is -2.53. The molecule has 0 amide bonds. The van der Waals surface area contributed by atoms with Gasteiger partial charge in [0.2, 0.25) is 0 Å². The van der Waals surface area contributed by atoms with Crippen LogP contribution in [0.3, 0.4) is 0 Å². The summed E-state index contributed by atoms with van der Waals surface area (Å²) in [7, 11) is 1.97. The first kappa shape index (κ1) is 21.4. The Labute approximate surface area is 177 Å². The molecule has 0 unspecified atom stereocenters. The number of piperazine rings is 1. The highest BCUT2D eigenvalue weighted by Gasteiger charge is 2.19. The molecule has 1 aliphatic rings. The molecule has 0 saturated carbocycles. The highest BCUT2D eigenvalue weighted by molar-refractivity contribution is 6.30. The van der Waals surface area contributed by atoms with Gasteiger partial charge in [0.05, 0.1) is 0 Å². The predicted molar refractivity (Wildman–Crippen MR) is 116 cm³/mol. The summed E-state index contributed by atoms with van der Waals surface area (Å²) in [6, 6.07) is 7.50. The van der Waals surface area contributed by atoms with Gasteiger partial charge in [-0.2, -0.15) is 0 Å². The third-order valence-corrected chi connectivity index (χ3v) is 5.30. The zero-order valence-electron chi connectivity index (χ0n) is 17.4. The topological polar surface area (TPSA) is 70.8 Å². The summed E-state index contributed by atoms with van der Waals surface area (Å²) in [5.74, 6) is 3.56. The largest absolute Gasteiger partial charge is 0.492 e. The van der Waals surface area contributed by atoms with Crippen LogP contribution in [-0.2, 0) is 13.6 Å². The highest BCUT2D eigenvalue weighted by atomic mass is 35.5. The van der Waals surface area contributed by atoms with E-state index >= 15 is 0 Å². The minimum atomic E-state index is 0.523. The molecule has 1 fully saturated rings. The number of aliphatic imine (C=N–C) groups is 1. The van der Waals surface area contributed by atoms with E-state index in [2.05, 4.69) is 32.2 Å². The van der Waals surface area contributed by atoms with E-state index in [0.29, 0.717) is 13.2 Å². The summed E-state index contributed by atoms with van der Waals surface area (Å²) in [5, 5.41) is 12.4. The molecule has 0 spiro atoms. The Bertz CT molecular complexity index is 798. The Morgan fingerprint density at radius 3 is 2.52 bits per heavy atom. The first-order valence-electron chi connectivity index (χ1n) is 10.1. The van der Waals surface area contributed by atoms with E-state index < -0.39 is 0 Å². The van der Waals surface area contributed by atoms with Crippen LogP contribution >= 0.6 is 11.6 Å². The lowest BCUT2D eigenvalue weighted by molar-refractivity contribution is 0.152. The molecular formula is C20H30ClN7O. The van der Waals surface area contributed by atoms with Crippen molar-refractivity contribution in [1.29, 1.82) is 0 Å². The maximum absolute atomic E-state index is 5.90. The van der Waals surface area contributed by atoms with E-state index in [4.69, 9.17) is 21.3 Å². The lowest BCUT2D eigenvalue weighted by atomic mass is 10.3. The van der Waals surface area contributed by atoms with Crippen LogP contribution in [0.1, 0.15) is 18.6 Å². The molecule has 9 heteroatoms. The van der Waals surface area contributed by atoms with Gasteiger partial charge in [-0.3, -0.25) is 4.90 Å². The second kappa shape index (κ2) is 10.5. The van der Waals surface area contributed by atoms with Gasteiger partial charge in [-0.15, -0.1) is 10.2 Å². The van der Waals surface area contributed by atoms with E-state index in [1.165, 1.54) is 0 Å². The van der Waals surface area contributed by atoms with Crippen LogP contribution < -0.4 is 10.1 Å². The number of nitrogens with zero attached hydrogens (tertiary/aromatic N) is 6. The van der Waals surface area contributed by atoms with Gasteiger partial charge in [-0.25, -0.2) is 4.99 Å². The fourth-order valence-corrected chi connectivity index (χ4v) is 3.29. The zero-order valence-corrected chi connectivity index (χ0v) is 18.2. The molecular weight excluding hydrogens is 390 g/mol. The average molecular weight is 420 g/mol. The zero-order chi connectivity index (χ0) is 20.6. The molecule has 8 nitrogen and oxygen atoms in total. The van der Waals surface area contributed by atoms with Gasteiger partial charge in [0.1, 0.15) is 24.7 Å². The summed E-state index contributed by atoms with van der Waals surface area (Å²) in [6.45, 7) is 10.8. The van der Waals surface area contributed by atoms with Gasteiger partial charge >= 0.3 is 0 Å². The second-order valence-electron chi connectivity index (χ2n) is 7.02. The summed E-state index contributed by atoms with van der Waals surface area (Å²) in [5.41, 5.74) is 0. The average Bonchev–Trinajstić information content (AvgIpc) is 3.05. The third kappa shape index (κ3) is 6.08. The summed E-state index contributed by atoms with van der Waals surface area (Å²) < 4.78 is 7.79. The SMILES string of the molecule is CCNC(=NCc1nnc(C)n1C)N1CCN(CCOc2ccc(Cl)cc2)CC1. The molecule has 1 aromatic carbocycles. The molecule has 158 valence electrons. The molecule has 2 aromatic rings. The van der Waals surface area contributed by atoms with Crippen LogP contribution in [0.4, 0.5) is 0 Å². The molecule has 0 aliphatic carbocycles. The smallest absolute Gasteiger partial charge is 0.194 e. The van der Waals surface area contributed by atoms with Crippen LogP contribution in [0.25, 0.3) is 0 Å². The third-order valence-electron chi connectivity index (χ3n) is 5.05. The number of benzene rings is 1. The molecule has 1 aliphatic heterocycles. The Balaban J connectivity index is 1.46. The number of aromatic nitrogens is 3. The van der Waals surface area contributed by atoms with E-state index in [1.807, 2.05) is 42.8 Å². The summed E-state index contributed by atoms with van der Waals surface area (Å²) in [6.07, 6.45) is 0. The summed E-state index contributed by atoms with van der Waals surface area (Å²) in [4.78, 5) is 9.50. The molecule has 1 N–H and O–H groups in total. The van der Waals surface area contributed by atoms with Crippen molar-refractivity contribution in [3.05, 3.63) is 40.9 Å². The Morgan fingerprint density at radius 2 is 1.90 bits per heavy atom. The number of nitrogens with one attached hydrogen (secondary N) is 1. The van der Waals surface area contributed by atoms with Crippen molar-refractivity contribution in [2.75, 3.05) is 45.9 Å². The van der Waals surface area contributed by atoms with E-state index in [-0.39, 0.29) is 0 Å². The summed E-state index contributed by atoms with van der Waals surface area (Å²) >= 11 is 5.90. The van der Waals surface area contributed by atoms with Crippen molar-refractivity contribution < 1.29 is 4.74 Å². The molecule has 0 bridgehead atoms. The quantitative estimate of drug-likeness (QED) is 0.546. The minimum Gasteiger partial charge on any atom is -0.492 e. The molecule has 0 radical (unpaired) electrons. The van der Waals surface area contributed by atoms with Crippen LogP contribution in [0.5, 0.6) is 5.75 Å². The van der Waals surface area contributed by atoms with Crippen LogP contribution in [0.2, 0.25) is 5.02 Å². The van der Waals surface area contributed by atoms with Crippen molar-refractivity contribution in [3.63, 3.8) is 0 Å². The van der Waals surface area contributed by atoms with E-state index in [9.17, 15) is 0 Å². The predicted octanol–water partition coefficient (Wildman–Crippen LogP) is 1.94. The van der Waals surface area contributed by atoms with E-state index in [0.717, 1.165) is 67.6 Å². The fourth-order valence-electron chi connectivity index (χ4n) is 3.17. The van der Waals surface area contributed by atoms with Gasteiger partial charge in [0.25, 0.3) is 0 Å². The normalized spacial score (nSPS) is 15.6. The van der Waals surface area contributed by atoms with Gasteiger partial charge < -0.3 is 19.5 Å². The van der Waals surface area contributed by atoms with Gasteiger partial charge in [-0.05, 0) is 38.1 Å². The first-order chi connectivity index (χ1) is 14.1. The van der Waals surface area contributed by atoms with Gasteiger partial charge in [0.15, 0.2) is 11.8 Å². The van der Waals surface area contributed by atoms with Gasteiger partial charge in [0, 0.05) is 51.3 Å². The number of hydrogen-bond donors (Lipinski definition) is 1. The van der Waals surface area contributed by atoms with E-state index in [1.54, 1.807) is 0 Å². The van der Waals surface area contributed by atoms with Gasteiger partial charge in [-0.1, -0.05) is 11.6 Å².